The highest BCUT2D eigenvalue weighted by Crippen LogP contribution is 2.59. The van der Waals surface area contributed by atoms with E-state index in [1.54, 1.807) is 6.07 Å². The number of aliphatic hydroxyl groups excluding tert-OH is 1. The predicted molar refractivity (Wildman–Crippen MR) is 134 cm³/mol. The number of nitrogens with zero attached hydrogens (tertiary/aromatic N) is 5. The zero-order valence-corrected chi connectivity index (χ0v) is 22.6. The summed E-state index contributed by atoms with van der Waals surface area (Å²) < 4.78 is 41.4. The molecule has 4 atom stereocenters. The van der Waals surface area contributed by atoms with Gasteiger partial charge in [0.05, 0.1) is 19.3 Å². The van der Waals surface area contributed by atoms with Crippen LogP contribution in [-0.4, -0.2) is 71.2 Å². The molecule has 1 aliphatic rings. The lowest BCUT2D eigenvalue weighted by Crippen LogP contribution is -2.26. The fraction of sp³-hybridized carbons (Fsp3) is 0.474. The zero-order chi connectivity index (χ0) is 26.8. The standard InChI is InChI=1S/C19H24Cl2N6O8P2/c1-2-33-37(32,10-36(29,30)31)34-9-14-13(28)7-15(35-14)27-18-16(25-26-27)17(23-19(21)24-18)22-8-11-5-3-4-6-12(11)20/h3-6,13-15,28H,2,7-10H2,1H3,(H,22,23,24)(H2,29,30,31)/t13-,14+,15+,37?/m0/s1. The summed E-state index contributed by atoms with van der Waals surface area (Å²) in [5.41, 5.74) is 1.37. The molecular weight excluding hydrogens is 573 g/mol. The Morgan fingerprint density at radius 3 is 2.68 bits per heavy atom. The first-order valence-corrected chi connectivity index (χ1v) is 15.3. The molecule has 1 aromatic carbocycles. The van der Waals surface area contributed by atoms with Gasteiger partial charge in [0.15, 0.2) is 29.1 Å². The normalized spacial score (nSPS) is 21.8. The van der Waals surface area contributed by atoms with Crippen molar-refractivity contribution in [3.8, 4) is 0 Å². The van der Waals surface area contributed by atoms with Crippen LogP contribution in [0.4, 0.5) is 5.82 Å². The van der Waals surface area contributed by atoms with Crippen LogP contribution < -0.4 is 5.32 Å². The molecule has 1 aliphatic heterocycles. The number of rotatable bonds is 11. The number of fused-ring (bicyclic) bond motifs is 1. The van der Waals surface area contributed by atoms with Crippen molar-refractivity contribution in [1.82, 2.24) is 25.0 Å². The first-order valence-electron chi connectivity index (χ1n) is 11.0. The van der Waals surface area contributed by atoms with E-state index in [1.807, 2.05) is 18.2 Å². The highest BCUT2D eigenvalue weighted by atomic mass is 35.5. The molecule has 1 unspecified atom stereocenters. The Morgan fingerprint density at radius 2 is 1.97 bits per heavy atom. The van der Waals surface area contributed by atoms with Crippen molar-refractivity contribution in [2.45, 2.75) is 38.3 Å². The van der Waals surface area contributed by atoms with E-state index >= 15 is 0 Å². The SMILES string of the molecule is CCOP(=O)(CP(=O)(O)O)OC[C@H]1O[C@@H](n2nnc3c(NCc4ccccc4Cl)nc(Cl)nc32)C[C@@H]1O. The summed E-state index contributed by atoms with van der Waals surface area (Å²) in [4.78, 5) is 26.8. The summed E-state index contributed by atoms with van der Waals surface area (Å²) in [6, 6.07) is 7.29. The smallest absolute Gasteiger partial charge is 0.342 e. The van der Waals surface area contributed by atoms with E-state index < -0.39 is 46.1 Å². The Balaban J connectivity index is 1.49. The van der Waals surface area contributed by atoms with E-state index in [4.69, 9.17) is 37.0 Å². The molecule has 2 aromatic heterocycles. The van der Waals surface area contributed by atoms with Crippen LogP contribution in [0.3, 0.4) is 0 Å². The second kappa shape index (κ2) is 11.6. The van der Waals surface area contributed by atoms with Crippen molar-refractivity contribution in [3.05, 3.63) is 40.1 Å². The number of aromatic nitrogens is 5. The number of nitrogens with one attached hydrogen (secondary N) is 1. The topological polar surface area (TPSA) is 191 Å². The Labute approximate surface area is 220 Å². The number of halogens is 2. The van der Waals surface area contributed by atoms with Crippen molar-refractivity contribution < 1.29 is 37.8 Å². The summed E-state index contributed by atoms with van der Waals surface area (Å²) >= 11 is 12.4. The number of benzene rings is 1. The molecule has 18 heteroatoms. The Kier molecular flexibility index (Phi) is 8.86. The quantitative estimate of drug-likeness (QED) is 0.186. The fourth-order valence-corrected chi connectivity index (χ4v) is 7.35. The van der Waals surface area contributed by atoms with Gasteiger partial charge in [0.25, 0.3) is 0 Å². The van der Waals surface area contributed by atoms with Crippen LogP contribution >= 0.6 is 38.4 Å². The van der Waals surface area contributed by atoms with E-state index in [9.17, 15) is 24.0 Å². The third-order valence-electron chi connectivity index (χ3n) is 5.30. The average Bonchev–Trinajstić information content (AvgIpc) is 3.39. The molecule has 0 bridgehead atoms. The summed E-state index contributed by atoms with van der Waals surface area (Å²) in [6.07, 6.45) is -2.87. The molecule has 3 aromatic rings. The molecule has 4 N–H and O–H groups in total. The first kappa shape index (κ1) is 28.3. The van der Waals surface area contributed by atoms with Crippen LogP contribution in [0.2, 0.25) is 10.3 Å². The minimum absolute atomic E-state index is 0.0495. The summed E-state index contributed by atoms with van der Waals surface area (Å²) in [5, 5.41) is 22.3. The molecule has 0 saturated carbocycles. The number of hydrogen-bond donors (Lipinski definition) is 4. The number of ether oxygens (including phenoxy) is 1. The molecular formula is C19H24Cl2N6O8P2. The summed E-state index contributed by atoms with van der Waals surface area (Å²) in [5.74, 6) is -0.776. The van der Waals surface area contributed by atoms with Crippen molar-refractivity contribution in [2.75, 3.05) is 24.4 Å². The fourth-order valence-electron chi connectivity index (χ4n) is 3.68. The van der Waals surface area contributed by atoms with E-state index in [-0.39, 0.29) is 24.0 Å². The van der Waals surface area contributed by atoms with Gasteiger partial charge in [-0.3, -0.25) is 9.13 Å². The molecule has 0 amide bonds. The molecule has 37 heavy (non-hydrogen) atoms. The molecule has 202 valence electrons. The number of anilines is 1. The molecule has 3 heterocycles. The molecule has 1 fully saturated rings. The van der Waals surface area contributed by atoms with Crippen LogP contribution in [-0.2, 0) is 29.5 Å². The average molecular weight is 597 g/mol. The van der Waals surface area contributed by atoms with Gasteiger partial charge in [0, 0.05) is 18.0 Å². The van der Waals surface area contributed by atoms with Crippen LogP contribution in [0.5, 0.6) is 0 Å². The minimum atomic E-state index is -4.69. The van der Waals surface area contributed by atoms with Crippen molar-refractivity contribution in [3.63, 3.8) is 0 Å². The maximum atomic E-state index is 12.7. The largest absolute Gasteiger partial charge is 0.390 e. The summed E-state index contributed by atoms with van der Waals surface area (Å²) in [6.45, 7) is 1.31. The zero-order valence-electron chi connectivity index (χ0n) is 19.3. The third-order valence-corrected chi connectivity index (χ3v) is 9.89. The van der Waals surface area contributed by atoms with E-state index in [0.717, 1.165) is 5.56 Å². The highest BCUT2D eigenvalue weighted by Gasteiger charge is 2.40. The lowest BCUT2D eigenvalue weighted by molar-refractivity contribution is -0.0448. The van der Waals surface area contributed by atoms with Crippen molar-refractivity contribution in [1.29, 1.82) is 0 Å². The second-order valence-corrected chi connectivity index (χ2v) is 13.0. The van der Waals surface area contributed by atoms with Gasteiger partial charge in [-0.05, 0) is 30.2 Å². The van der Waals surface area contributed by atoms with Crippen LogP contribution in [0.15, 0.2) is 24.3 Å². The maximum Gasteiger partial charge on any atom is 0.342 e. The molecule has 0 radical (unpaired) electrons. The van der Waals surface area contributed by atoms with Gasteiger partial charge >= 0.3 is 15.2 Å². The monoisotopic (exact) mass is 596 g/mol. The van der Waals surface area contributed by atoms with Gasteiger partial charge in [0.2, 0.25) is 5.28 Å². The molecule has 0 spiro atoms. The third kappa shape index (κ3) is 7.04. The van der Waals surface area contributed by atoms with Gasteiger partial charge in [-0.15, -0.1) is 5.10 Å². The highest BCUT2D eigenvalue weighted by molar-refractivity contribution is 7.70. The van der Waals surface area contributed by atoms with Gasteiger partial charge < -0.3 is 34.0 Å². The van der Waals surface area contributed by atoms with Crippen molar-refractivity contribution in [2.24, 2.45) is 0 Å². The molecule has 1 saturated heterocycles. The predicted octanol–water partition coefficient (Wildman–Crippen LogP) is 3.17. The Morgan fingerprint density at radius 1 is 1.22 bits per heavy atom. The lowest BCUT2D eigenvalue weighted by Gasteiger charge is -2.21. The van der Waals surface area contributed by atoms with Crippen LogP contribution in [0.25, 0.3) is 11.2 Å². The first-order chi connectivity index (χ1) is 17.5. The molecule has 0 aliphatic carbocycles. The van der Waals surface area contributed by atoms with E-state index in [1.165, 1.54) is 11.6 Å². The summed E-state index contributed by atoms with van der Waals surface area (Å²) in [7, 11) is -8.82. The minimum Gasteiger partial charge on any atom is -0.390 e. The van der Waals surface area contributed by atoms with Gasteiger partial charge in [0.1, 0.15) is 6.10 Å². The Hall–Kier alpha value is -1.70. The van der Waals surface area contributed by atoms with Crippen LogP contribution in [0, 0.1) is 0 Å². The molecule has 4 rings (SSSR count). The van der Waals surface area contributed by atoms with E-state index in [2.05, 4.69) is 25.6 Å². The number of hydrogen-bond acceptors (Lipinski definition) is 11. The van der Waals surface area contributed by atoms with Crippen LogP contribution in [0.1, 0.15) is 25.1 Å². The van der Waals surface area contributed by atoms with E-state index in [0.29, 0.717) is 22.9 Å². The van der Waals surface area contributed by atoms with Gasteiger partial charge in [-0.2, -0.15) is 14.6 Å². The lowest BCUT2D eigenvalue weighted by atomic mass is 10.2. The maximum absolute atomic E-state index is 12.7. The second-order valence-electron chi connectivity index (χ2n) is 8.06. The Bertz CT molecular complexity index is 1360. The molecule has 14 nitrogen and oxygen atoms in total. The van der Waals surface area contributed by atoms with Gasteiger partial charge in [-0.25, -0.2) is 0 Å². The van der Waals surface area contributed by atoms with Gasteiger partial charge in [-0.1, -0.05) is 35.0 Å². The van der Waals surface area contributed by atoms with Crippen molar-refractivity contribution >= 4 is 55.4 Å². The number of aliphatic hydroxyl groups is 1.